The second-order valence-corrected chi connectivity index (χ2v) is 23.1. The number of carboxylic acids is 1. The number of rotatable bonds is 13. The predicted octanol–water partition coefficient (Wildman–Crippen LogP) is 8.69. The Morgan fingerprint density at radius 3 is 2.33 bits per heavy atom. The summed E-state index contributed by atoms with van der Waals surface area (Å²) in [4.78, 5) is 69.9. The van der Waals surface area contributed by atoms with Gasteiger partial charge in [-0.05, 0) is 100 Å². The van der Waals surface area contributed by atoms with Gasteiger partial charge in [-0.15, -0.1) is 32.9 Å². The number of carbonyl (C=O) groups excluding carboxylic acids is 3. The molecule has 4 aromatic heterocycles. The van der Waals surface area contributed by atoms with Gasteiger partial charge in [0.15, 0.2) is 11.6 Å². The third-order valence-corrected chi connectivity index (χ3v) is 16.9. The van der Waals surface area contributed by atoms with Crippen molar-refractivity contribution in [2.45, 2.75) is 112 Å². The van der Waals surface area contributed by atoms with E-state index < -0.39 is 53.3 Å². The first-order chi connectivity index (χ1) is 35.7. The van der Waals surface area contributed by atoms with Gasteiger partial charge in [-0.2, -0.15) is 0 Å². The maximum absolute atomic E-state index is 14.4. The number of carbonyl (C=O) groups is 4. The molecule has 0 spiro atoms. The molecule has 1 unspecified atom stereocenters. The number of aliphatic imine (C=N–C) groups is 1. The molecule has 7 atom stereocenters. The van der Waals surface area contributed by atoms with Gasteiger partial charge >= 0.3 is 5.97 Å². The summed E-state index contributed by atoms with van der Waals surface area (Å²) in [6.45, 7) is 18.4. The lowest BCUT2D eigenvalue weighted by Crippen LogP contribution is -2.57. The Bertz CT molecular complexity index is 3370. The van der Waals surface area contributed by atoms with Crippen molar-refractivity contribution < 1.29 is 38.5 Å². The summed E-state index contributed by atoms with van der Waals surface area (Å²) < 4.78 is 14.5. The smallest absolute Gasteiger partial charge is 0.308 e. The molecule has 390 valence electrons. The maximum atomic E-state index is 14.4. The highest BCUT2D eigenvalue weighted by molar-refractivity contribution is 7.15. The van der Waals surface area contributed by atoms with Crippen molar-refractivity contribution in [1.82, 2.24) is 35.3 Å². The number of nitrogens with zero attached hydrogens (tertiary/aromatic N) is 7. The fourth-order valence-corrected chi connectivity index (χ4v) is 12.3. The number of aliphatic carboxylic acids is 1. The molecular formula is C56H61N9O8S2. The number of benzene rings is 3. The number of aromatic nitrogens is 4. The standard InChI is InChI=1S/C56H61N9O8S2/c1-28-32(5)75-54-45(28)47(59-46(29(2)55(70)71)50-62-61-33(6)65(50)54)35-14-16-38(17-15-35)63-21-20-41(26-63)72-40-18-19-43-37(22-40)23-44(73-43)52(68)60-49(56(7,8)9)53(69)64-25-39(66)24-42(64)51(67)58-30(3)34-10-12-36(13-11-34)48-31(4)57-27-74-48/h10-19,22-23,27,29-30,39,41-42,46,49,66H,20-21,24-26H2,1-9H3,(H,58,67)(H,60,68)(H,70,71)/t29?,30-,39+,41+,42-,46-,49+/m0/s1. The van der Waals surface area contributed by atoms with Crippen molar-refractivity contribution in [3.05, 3.63) is 129 Å². The molecule has 3 amide bonds. The number of thiazole rings is 1. The molecule has 75 heavy (non-hydrogen) atoms. The average Bonchev–Trinajstić information content (AvgIpc) is 4.27. The van der Waals surface area contributed by atoms with Crippen LogP contribution in [0.3, 0.4) is 0 Å². The topological polar surface area (TPSA) is 218 Å². The minimum atomic E-state index is -1.06. The molecule has 10 rings (SSSR count). The van der Waals surface area contributed by atoms with Crippen LogP contribution in [0.4, 0.5) is 5.69 Å². The first kappa shape index (κ1) is 51.3. The highest BCUT2D eigenvalue weighted by atomic mass is 32.1. The van der Waals surface area contributed by atoms with Crippen molar-refractivity contribution in [2.75, 3.05) is 24.5 Å². The van der Waals surface area contributed by atoms with E-state index in [1.165, 1.54) is 4.90 Å². The number of aliphatic hydroxyl groups excluding tert-OH is 1. The first-order valence-electron chi connectivity index (χ1n) is 25.2. The molecule has 0 saturated carbocycles. The molecule has 3 aliphatic rings. The number of amides is 3. The summed E-state index contributed by atoms with van der Waals surface area (Å²) in [6.07, 6.45) is -0.196. The van der Waals surface area contributed by atoms with Crippen LogP contribution in [0.5, 0.6) is 5.75 Å². The van der Waals surface area contributed by atoms with E-state index in [0.29, 0.717) is 34.9 Å². The Kier molecular flexibility index (Phi) is 13.8. The average molecular weight is 1050 g/mol. The molecule has 3 aliphatic heterocycles. The molecule has 0 bridgehead atoms. The zero-order valence-corrected chi connectivity index (χ0v) is 45.0. The van der Waals surface area contributed by atoms with Gasteiger partial charge < -0.3 is 39.8 Å². The Morgan fingerprint density at radius 2 is 1.64 bits per heavy atom. The van der Waals surface area contributed by atoms with Gasteiger partial charge in [0.1, 0.15) is 46.4 Å². The number of furan rings is 1. The van der Waals surface area contributed by atoms with Gasteiger partial charge in [0.05, 0.1) is 46.4 Å². The zero-order valence-electron chi connectivity index (χ0n) is 43.4. The number of anilines is 1. The third kappa shape index (κ3) is 9.96. The summed E-state index contributed by atoms with van der Waals surface area (Å²) >= 11 is 3.20. The van der Waals surface area contributed by atoms with Crippen LogP contribution in [0, 0.1) is 39.0 Å². The van der Waals surface area contributed by atoms with Crippen molar-refractivity contribution in [3.63, 3.8) is 0 Å². The van der Waals surface area contributed by atoms with Gasteiger partial charge in [-0.3, -0.25) is 28.7 Å². The van der Waals surface area contributed by atoms with E-state index in [-0.39, 0.29) is 36.8 Å². The fraction of sp³-hybridized carbons (Fsp3) is 0.393. The summed E-state index contributed by atoms with van der Waals surface area (Å²) in [7, 11) is 0. The summed E-state index contributed by atoms with van der Waals surface area (Å²) in [5.74, 6) is -1.42. The van der Waals surface area contributed by atoms with Crippen LogP contribution in [0.25, 0.3) is 26.4 Å². The largest absolute Gasteiger partial charge is 0.488 e. The van der Waals surface area contributed by atoms with Crippen LogP contribution in [0.15, 0.2) is 87.7 Å². The first-order valence-corrected chi connectivity index (χ1v) is 26.9. The van der Waals surface area contributed by atoms with Crippen LogP contribution in [-0.4, -0.2) is 108 Å². The van der Waals surface area contributed by atoms with Crippen molar-refractivity contribution >= 4 is 68.7 Å². The van der Waals surface area contributed by atoms with Crippen molar-refractivity contribution in [1.29, 1.82) is 0 Å². The Hall–Kier alpha value is -7.22. The molecule has 2 saturated heterocycles. The number of aliphatic hydroxyl groups is 1. The molecule has 7 aromatic rings. The van der Waals surface area contributed by atoms with Gasteiger partial charge in [-0.25, -0.2) is 4.98 Å². The van der Waals surface area contributed by atoms with E-state index in [2.05, 4.69) is 56.7 Å². The number of hydrogen-bond donors (Lipinski definition) is 4. The predicted molar refractivity (Wildman–Crippen MR) is 288 cm³/mol. The van der Waals surface area contributed by atoms with E-state index in [9.17, 15) is 29.4 Å². The van der Waals surface area contributed by atoms with Crippen molar-refractivity contribution in [3.8, 4) is 21.2 Å². The maximum Gasteiger partial charge on any atom is 0.308 e. The lowest BCUT2D eigenvalue weighted by atomic mass is 9.85. The van der Waals surface area contributed by atoms with Crippen LogP contribution in [0.1, 0.15) is 115 Å². The number of nitrogens with one attached hydrogen (secondary N) is 2. The number of ether oxygens (including phenoxy) is 1. The number of thiophene rings is 1. The number of fused-ring (bicyclic) bond motifs is 4. The third-order valence-electron chi connectivity index (χ3n) is 14.7. The van der Waals surface area contributed by atoms with Crippen LogP contribution < -0.4 is 20.3 Å². The van der Waals surface area contributed by atoms with E-state index in [1.54, 1.807) is 41.7 Å². The lowest BCUT2D eigenvalue weighted by Gasteiger charge is -2.35. The summed E-state index contributed by atoms with van der Waals surface area (Å²) in [5.41, 5.74) is 9.06. The minimum absolute atomic E-state index is 0.0149. The summed E-state index contributed by atoms with van der Waals surface area (Å²) in [5, 5.41) is 37.2. The highest BCUT2D eigenvalue weighted by Gasteiger charge is 2.45. The quantitative estimate of drug-likeness (QED) is 0.0853. The molecule has 4 N–H and O–H groups in total. The number of β-amino-alcohol motifs (C(OH)–C–C–N with tert-alkyl or cyclic N) is 1. The van der Waals surface area contributed by atoms with Gasteiger partial charge in [-0.1, -0.05) is 57.2 Å². The molecule has 7 heterocycles. The van der Waals surface area contributed by atoms with Crippen LogP contribution >= 0.6 is 22.7 Å². The number of hydrogen-bond acceptors (Lipinski definition) is 14. The molecule has 17 nitrogen and oxygen atoms in total. The second-order valence-electron chi connectivity index (χ2n) is 21.1. The lowest BCUT2D eigenvalue weighted by molar-refractivity contribution is -0.142. The number of aryl methyl sites for hydroxylation is 3. The second kappa shape index (κ2) is 20.1. The van der Waals surface area contributed by atoms with Crippen molar-refractivity contribution in [2.24, 2.45) is 16.3 Å². The Labute approximate surface area is 442 Å². The molecule has 0 radical (unpaired) electrons. The Balaban J connectivity index is 0.786. The monoisotopic (exact) mass is 1050 g/mol. The van der Waals surface area contributed by atoms with Crippen LogP contribution in [-0.2, 0) is 14.4 Å². The van der Waals surface area contributed by atoms with E-state index >= 15 is 0 Å². The van der Waals surface area contributed by atoms with E-state index in [0.717, 1.165) is 72.6 Å². The number of carboxylic acid groups (broad SMARTS) is 1. The van der Waals surface area contributed by atoms with E-state index in [1.807, 2.05) is 100 Å². The normalized spacial score (nSPS) is 19.7. The van der Waals surface area contributed by atoms with Gasteiger partial charge in [0, 0.05) is 53.0 Å². The fourth-order valence-electron chi connectivity index (χ4n) is 10.3. The summed E-state index contributed by atoms with van der Waals surface area (Å²) in [6, 6.07) is 20.1. The van der Waals surface area contributed by atoms with Crippen LogP contribution in [0.2, 0.25) is 0 Å². The van der Waals surface area contributed by atoms with E-state index in [4.69, 9.17) is 14.1 Å². The molecular weight excluding hydrogens is 991 g/mol. The zero-order chi connectivity index (χ0) is 53.2. The number of likely N-dealkylation sites (tertiary alicyclic amines) is 1. The minimum Gasteiger partial charge on any atom is -0.488 e. The SMILES string of the molecule is Cc1ncsc1-c1ccc([C@H](C)NC(=O)[C@@H]2C[C@@H](O)CN2C(=O)[C@@H](NC(=O)c2cc3cc(O[C@@H]4CCN(c5ccc(C6=N[C@@H](C(C)C(=O)O)c7nnc(C)n7-c7sc(C)c(C)c76)cc5)C4)ccc3o2)C(C)(C)C)cc1. The highest BCUT2D eigenvalue weighted by Crippen LogP contribution is 2.41. The Morgan fingerprint density at radius 1 is 0.907 bits per heavy atom. The van der Waals surface area contributed by atoms with Gasteiger partial charge in [0.25, 0.3) is 5.91 Å². The molecule has 19 heteroatoms. The molecule has 2 fully saturated rings. The molecule has 0 aliphatic carbocycles. The van der Waals surface area contributed by atoms with Gasteiger partial charge in [0.2, 0.25) is 11.8 Å². The molecule has 3 aromatic carbocycles.